The predicted molar refractivity (Wildman–Crippen MR) is 98.8 cm³/mol. The minimum Gasteiger partial charge on any atom is -0.495 e. The summed E-state index contributed by atoms with van der Waals surface area (Å²) in [5, 5.41) is 5.70. The van der Waals surface area contributed by atoms with Gasteiger partial charge in [-0.1, -0.05) is 24.3 Å². The normalized spacial score (nSPS) is 9.96. The highest BCUT2D eigenvalue weighted by Gasteiger charge is 2.09. The lowest BCUT2D eigenvalue weighted by Gasteiger charge is -2.13. The van der Waals surface area contributed by atoms with Crippen LogP contribution in [0.4, 0.5) is 5.69 Å². The van der Waals surface area contributed by atoms with Crippen LogP contribution in [0.1, 0.15) is 11.1 Å². The summed E-state index contributed by atoms with van der Waals surface area (Å²) in [6, 6.07) is 13.2. The molecular formula is C18H20N2O3S. The quantitative estimate of drug-likeness (QED) is 0.816. The molecule has 0 bridgehead atoms. The van der Waals surface area contributed by atoms with Crippen LogP contribution in [0.5, 0.6) is 11.5 Å². The van der Waals surface area contributed by atoms with Crippen LogP contribution in [0, 0.1) is 13.8 Å². The summed E-state index contributed by atoms with van der Waals surface area (Å²) in [4.78, 5) is 12.0. The highest BCUT2D eigenvalue weighted by atomic mass is 32.1. The van der Waals surface area contributed by atoms with Gasteiger partial charge in [0.25, 0.3) is 5.91 Å². The third kappa shape index (κ3) is 4.96. The van der Waals surface area contributed by atoms with Crippen molar-refractivity contribution in [1.82, 2.24) is 5.32 Å². The molecule has 5 nitrogen and oxygen atoms in total. The van der Waals surface area contributed by atoms with Crippen molar-refractivity contribution in [2.75, 3.05) is 19.0 Å². The Morgan fingerprint density at radius 1 is 1.12 bits per heavy atom. The number of amides is 1. The average molecular weight is 344 g/mol. The molecule has 0 aliphatic rings. The zero-order valence-electron chi connectivity index (χ0n) is 13.9. The fourth-order valence-corrected chi connectivity index (χ4v) is 2.29. The van der Waals surface area contributed by atoms with E-state index in [9.17, 15) is 4.79 Å². The minimum absolute atomic E-state index is 0.113. The Kier molecular flexibility index (Phi) is 6.14. The second kappa shape index (κ2) is 8.31. The molecule has 1 amide bonds. The Bertz CT molecular complexity index is 747. The monoisotopic (exact) mass is 344 g/mol. The van der Waals surface area contributed by atoms with Crippen molar-refractivity contribution >= 4 is 28.9 Å². The average Bonchev–Trinajstić information content (AvgIpc) is 2.56. The SMILES string of the molecule is COc1ccccc1NC(=S)NC(=O)COc1cc(C)ccc1C. The number of methoxy groups -OCH3 is 1. The molecule has 0 spiro atoms. The van der Waals surface area contributed by atoms with Gasteiger partial charge >= 0.3 is 0 Å². The molecule has 24 heavy (non-hydrogen) atoms. The first-order valence-electron chi connectivity index (χ1n) is 7.43. The van der Waals surface area contributed by atoms with E-state index in [-0.39, 0.29) is 17.6 Å². The molecule has 0 saturated carbocycles. The number of rotatable bonds is 5. The van der Waals surface area contributed by atoms with Gasteiger partial charge in [0.15, 0.2) is 11.7 Å². The topological polar surface area (TPSA) is 59.6 Å². The minimum atomic E-state index is -0.330. The van der Waals surface area contributed by atoms with Crippen LogP contribution in [-0.4, -0.2) is 24.7 Å². The van der Waals surface area contributed by atoms with Crippen molar-refractivity contribution < 1.29 is 14.3 Å². The summed E-state index contributed by atoms with van der Waals surface area (Å²) < 4.78 is 10.8. The third-order valence-corrected chi connectivity index (χ3v) is 3.51. The molecule has 0 aromatic heterocycles. The second-order valence-electron chi connectivity index (χ2n) is 5.26. The van der Waals surface area contributed by atoms with Crippen molar-refractivity contribution in [2.45, 2.75) is 13.8 Å². The Morgan fingerprint density at radius 2 is 1.88 bits per heavy atom. The molecule has 0 aliphatic carbocycles. The predicted octanol–water partition coefficient (Wildman–Crippen LogP) is 3.20. The van der Waals surface area contributed by atoms with Gasteiger partial charge in [-0.2, -0.15) is 0 Å². The number of thiocarbonyl (C=S) groups is 1. The molecule has 2 aromatic carbocycles. The molecule has 0 atom stereocenters. The zero-order chi connectivity index (χ0) is 17.5. The van der Waals surface area contributed by atoms with Gasteiger partial charge in [0.05, 0.1) is 12.8 Å². The molecule has 0 unspecified atom stereocenters. The summed E-state index contributed by atoms with van der Waals surface area (Å²) in [6.45, 7) is 3.79. The van der Waals surface area contributed by atoms with Crippen molar-refractivity contribution in [1.29, 1.82) is 0 Å². The molecule has 6 heteroatoms. The van der Waals surface area contributed by atoms with Crippen LogP contribution in [0.15, 0.2) is 42.5 Å². The maximum atomic E-state index is 12.0. The van der Waals surface area contributed by atoms with Gasteiger partial charge in [-0.3, -0.25) is 10.1 Å². The number of nitrogens with one attached hydrogen (secondary N) is 2. The summed E-state index contributed by atoms with van der Waals surface area (Å²) in [7, 11) is 1.57. The van der Waals surface area contributed by atoms with Crippen LogP contribution in [0.2, 0.25) is 0 Å². The Labute approximate surface area is 147 Å². The number of para-hydroxylation sites is 2. The lowest BCUT2D eigenvalue weighted by molar-refractivity contribution is -0.121. The first-order valence-corrected chi connectivity index (χ1v) is 7.84. The van der Waals surface area contributed by atoms with E-state index in [1.807, 2.05) is 50.2 Å². The lowest BCUT2D eigenvalue weighted by atomic mass is 10.1. The number of benzene rings is 2. The zero-order valence-corrected chi connectivity index (χ0v) is 14.7. The molecule has 2 aromatic rings. The molecule has 0 aliphatic heterocycles. The maximum Gasteiger partial charge on any atom is 0.264 e. The van der Waals surface area contributed by atoms with Crippen molar-refractivity contribution in [3.05, 3.63) is 53.6 Å². The molecule has 0 fully saturated rings. The van der Waals surface area contributed by atoms with Crippen LogP contribution in [0.3, 0.4) is 0 Å². The summed E-state index contributed by atoms with van der Waals surface area (Å²) >= 11 is 5.14. The molecule has 0 heterocycles. The third-order valence-electron chi connectivity index (χ3n) is 3.31. The second-order valence-corrected chi connectivity index (χ2v) is 5.67. The molecule has 0 radical (unpaired) electrons. The van der Waals surface area contributed by atoms with E-state index < -0.39 is 0 Å². The van der Waals surface area contributed by atoms with Crippen LogP contribution in [-0.2, 0) is 4.79 Å². The van der Waals surface area contributed by atoms with Crippen LogP contribution >= 0.6 is 12.2 Å². The van der Waals surface area contributed by atoms with Gasteiger partial charge in [0, 0.05) is 0 Å². The summed E-state index contributed by atoms with van der Waals surface area (Å²) in [6.07, 6.45) is 0. The lowest BCUT2D eigenvalue weighted by Crippen LogP contribution is -2.37. The van der Waals surface area contributed by atoms with E-state index in [2.05, 4.69) is 10.6 Å². The summed E-state index contributed by atoms with van der Waals surface area (Å²) in [5.41, 5.74) is 2.73. The van der Waals surface area contributed by atoms with E-state index in [4.69, 9.17) is 21.7 Å². The van der Waals surface area contributed by atoms with E-state index in [0.717, 1.165) is 11.1 Å². The number of anilines is 1. The highest BCUT2D eigenvalue weighted by Crippen LogP contribution is 2.22. The van der Waals surface area contributed by atoms with Gasteiger partial charge in [0.1, 0.15) is 11.5 Å². The number of hydrogen-bond acceptors (Lipinski definition) is 4. The largest absolute Gasteiger partial charge is 0.495 e. The van der Waals surface area contributed by atoms with Crippen molar-refractivity contribution in [2.24, 2.45) is 0 Å². The Morgan fingerprint density at radius 3 is 2.62 bits per heavy atom. The highest BCUT2D eigenvalue weighted by molar-refractivity contribution is 7.80. The number of aryl methyl sites for hydroxylation is 2. The fraction of sp³-hybridized carbons (Fsp3) is 0.222. The van der Waals surface area contributed by atoms with Gasteiger partial charge < -0.3 is 14.8 Å². The molecule has 2 rings (SSSR count). The van der Waals surface area contributed by atoms with E-state index in [0.29, 0.717) is 17.2 Å². The molecule has 2 N–H and O–H groups in total. The first-order chi connectivity index (χ1) is 11.5. The Balaban J connectivity index is 1.88. The first kappa shape index (κ1) is 17.7. The van der Waals surface area contributed by atoms with Gasteiger partial charge in [-0.25, -0.2) is 0 Å². The number of carbonyl (C=O) groups excluding carboxylic acids is 1. The molecule has 126 valence electrons. The van der Waals surface area contributed by atoms with Crippen molar-refractivity contribution in [3.8, 4) is 11.5 Å². The van der Waals surface area contributed by atoms with Gasteiger partial charge in [0.2, 0.25) is 0 Å². The molecule has 0 saturated heterocycles. The van der Waals surface area contributed by atoms with E-state index in [1.54, 1.807) is 13.2 Å². The van der Waals surface area contributed by atoms with Gasteiger partial charge in [-0.05, 0) is 55.4 Å². The van der Waals surface area contributed by atoms with Crippen LogP contribution < -0.4 is 20.1 Å². The van der Waals surface area contributed by atoms with Gasteiger partial charge in [-0.15, -0.1) is 0 Å². The summed E-state index contributed by atoms with van der Waals surface area (Å²) in [5.74, 6) is 0.998. The fourth-order valence-electron chi connectivity index (χ4n) is 2.07. The van der Waals surface area contributed by atoms with E-state index in [1.165, 1.54) is 0 Å². The standard InChI is InChI=1S/C18H20N2O3S/c1-12-8-9-13(2)16(10-12)23-11-17(21)20-18(24)19-14-6-4-5-7-15(14)22-3/h4-10H,11H2,1-3H3,(H2,19,20,21,24). The maximum absolute atomic E-state index is 12.0. The van der Waals surface area contributed by atoms with Crippen LogP contribution in [0.25, 0.3) is 0 Å². The smallest absolute Gasteiger partial charge is 0.264 e. The molecular weight excluding hydrogens is 324 g/mol. The van der Waals surface area contributed by atoms with E-state index >= 15 is 0 Å². The number of carbonyl (C=O) groups is 1. The number of ether oxygens (including phenoxy) is 2. The Hall–Kier alpha value is -2.60. The van der Waals surface area contributed by atoms with Crippen molar-refractivity contribution in [3.63, 3.8) is 0 Å². The number of hydrogen-bond donors (Lipinski definition) is 2.